The molecule has 1 N–H and O–H groups in total. The van der Waals surface area contributed by atoms with Gasteiger partial charge >= 0.3 is 0 Å². The summed E-state index contributed by atoms with van der Waals surface area (Å²) in [6.45, 7) is 0. The van der Waals surface area contributed by atoms with Gasteiger partial charge in [0.2, 0.25) is 5.95 Å². The minimum Gasteiger partial charge on any atom is -0.323 e. The number of hydrogen-bond donors (Lipinski definition) is 1. The fourth-order valence-corrected chi connectivity index (χ4v) is 2.78. The first-order valence-electron chi connectivity index (χ1n) is 6.99. The van der Waals surface area contributed by atoms with Crippen molar-refractivity contribution in [2.24, 2.45) is 0 Å². The third-order valence-electron chi connectivity index (χ3n) is 3.67. The second-order valence-corrected chi connectivity index (χ2v) is 5.60. The fourth-order valence-electron chi connectivity index (χ4n) is 2.58. The molecule has 4 rings (SSSR count). The van der Waals surface area contributed by atoms with Gasteiger partial charge in [0.1, 0.15) is 11.9 Å². The van der Waals surface area contributed by atoms with Crippen molar-refractivity contribution >= 4 is 23.2 Å². The van der Waals surface area contributed by atoms with Crippen LogP contribution in [0.3, 0.4) is 0 Å². The molecule has 0 amide bonds. The maximum atomic E-state index is 13.1. The summed E-state index contributed by atoms with van der Waals surface area (Å²) in [5.74, 6) is 0.248. The molecule has 23 heavy (non-hydrogen) atoms. The Labute approximate surface area is 136 Å². The molecule has 7 heteroatoms. The Hall–Kier alpha value is -2.73. The Morgan fingerprint density at radius 2 is 1.96 bits per heavy atom. The zero-order valence-corrected chi connectivity index (χ0v) is 12.6. The lowest BCUT2D eigenvalue weighted by atomic mass is 10.0. The average molecular weight is 328 g/mol. The lowest BCUT2D eigenvalue weighted by molar-refractivity contribution is 0.586. The van der Waals surface area contributed by atoms with Gasteiger partial charge in [0.25, 0.3) is 0 Å². The molecule has 0 fully saturated rings. The predicted molar refractivity (Wildman–Crippen MR) is 85.4 cm³/mol. The van der Waals surface area contributed by atoms with Crippen molar-refractivity contribution in [3.8, 4) is 0 Å². The van der Waals surface area contributed by atoms with Crippen LogP contribution >= 0.6 is 11.6 Å². The van der Waals surface area contributed by atoms with E-state index in [9.17, 15) is 4.39 Å². The molecule has 3 aromatic rings. The quantitative estimate of drug-likeness (QED) is 0.782. The van der Waals surface area contributed by atoms with Crippen molar-refractivity contribution in [2.45, 2.75) is 6.04 Å². The highest BCUT2D eigenvalue weighted by Gasteiger charge is 2.24. The molecule has 2 aromatic carbocycles. The number of benzene rings is 2. The van der Waals surface area contributed by atoms with E-state index in [-0.39, 0.29) is 11.9 Å². The Morgan fingerprint density at radius 1 is 1.13 bits per heavy atom. The predicted octanol–water partition coefficient (Wildman–Crippen LogP) is 3.52. The van der Waals surface area contributed by atoms with E-state index >= 15 is 0 Å². The lowest BCUT2D eigenvalue weighted by Gasteiger charge is -2.23. The number of rotatable bonds is 2. The molecule has 0 aliphatic carbocycles. The monoisotopic (exact) mass is 327 g/mol. The van der Waals surface area contributed by atoms with Gasteiger partial charge < -0.3 is 5.32 Å². The van der Waals surface area contributed by atoms with E-state index in [0.29, 0.717) is 11.0 Å². The summed E-state index contributed by atoms with van der Waals surface area (Å²) < 4.78 is 14.8. The van der Waals surface area contributed by atoms with E-state index in [2.05, 4.69) is 20.8 Å². The van der Waals surface area contributed by atoms with Crippen LogP contribution in [0.2, 0.25) is 5.02 Å². The standard InChI is InChI=1S/C16H11ClFN5/c17-12-3-1-2-11(8-12)15-9-14(10-4-6-13(18)7-5-10)19-16-20-21-22-23(15)16/h1-9,15H,(H,19,20,22)/t15-/m0/s1. The molecule has 2 heterocycles. The number of tetrazole rings is 1. The van der Waals surface area contributed by atoms with Gasteiger partial charge in [-0.1, -0.05) is 28.8 Å². The number of anilines is 1. The number of aromatic nitrogens is 4. The molecule has 0 unspecified atom stereocenters. The van der Waals surface area contributed by atoms with E-state index in [0.717, 1.165) is 16.8 Å². The maximum Gasteiger partial charge on any atom is 0.248 e. The van der Waals surface area contributed by atoms with Crippen molar-refractivity contribution in [3.63, 3.8) is 0 Å². The van der Waals surface area contributed by atoms with Crippen LogP contribution in [0.25, 0.3) is 5.70 Å². The zero-order chi connectivity index (χ0) is 15.8. The molecule has 0 saturated carbocycles. The first-order valence-corrected chi connectivity index (χ1v) is 7.36. The van der Waals surface area contributed by atoms with Crippen LogP contribution in [-0.4, -0.2) is 20.2 Å². The molecular formula is C16H11ClFN5. The molecule has 1 aliphatic heterocycles. The van der Waals surface area contributed by atoms with Crippen molar-refractivity contribution in [3.05, 3.63) is 76.6 Å². The molecule has 0 spiro atoms. The van der Waals surface area contributed by atoms with Crippen molar-refractivity contribution in [1.82, 2.24) is 20.2 Å². The van der Waals surface area contributed by atoms with Gasteiger partial charge in [0.15, 0.2) is 0 Å². The molecule has 0 radical (unpaired) electrons. The zero-order valence-electron chi connectivity index (χ0n) is 11.8. The minimum atomic E-state index is -0.276. The number of allylic oxidation sites excluding steroid dienone is 1. The highest BCUT2D eigenvalue weighted by molar-refractivity contribution is 6.30. The molecule has 0 saturated heterocycles. The third kappa shape index (κ3) is 2.57. The Bertz CT molecular complexity index is 887. The average Bonchev–Trinajstić information content (AvgIpc) is 3.03. The summed E-state index contributed by atoms with van der Waals surface area (Å²) in [7, 11) is 0. The smallest absolute Gasteiger partial charge is 0.248 e. The summed E-state index contributed by atoms with van der Waals surface area (Å²) >= 11 is 6.10. The third-order valence-corrected chi connectivity index (χ3v) is 3.91. The lowest BCUT2D eigenvalue weighted by Crippen LogP contribution is -2.20. The topological polar surface area (TPSA) is 55.6 Å². The summed E-state index contributed by atoms with van der Waals surface area (Å²) in [5.41, 5.74) is 2.64. The number of fused-ring (bicyclic) bond motifs is 1. The SMILES string of the molecule is Fc1ccc(C2=C[C@@H](c3cccc(Cl)c3)n3nnnc3N2)cc1. The summed E-state index contributed by atoms with van der Waals surface area (Å²) in [6, 6.07) is 13.6. The summed E-state index contributed by atoms with van der Waals surface area (Å²) in [6.07, 6.45) is 1.99. The molecule has 1 aromatic heterocycles. The van der Waals surface area contributed by atoms with E-state index < -0.39 is 0 Å². The summed E-state index contributed by atoms with van der Waals surface area (Å²) in [4.78, 5) is 0. The van der Waals surface area contributed by atoms with Gasteiger partial charge in [-0.15, -0.1) is 0 Å². The molecule has 5 nitrogen and oxygen atoms in total. The highest BCUT2D eigenvalue weighted by atomic mass is 35.5. The second-order valence-electron chi connectivity index (χ2n) is 5.16. The van der Waals surface area contributed by atoms with Crippen LogP contribution in [0, 0.1) is 5.82 Å². The van der Waals surface area contributed by atoms with Gasteiger partial charge in [0, 0.05) is 10.7 Å². The van der Waals surface area contributed by atoms with Crippen LogP contribution in [0.4, 0.5) is 10.3 Å². The van der Waals surface area contributed by atoms with Crippen molar-refractivity contribution < 1.29 is 4.39 Å². The Balaban J connectivity index is 1.81. The molecule has 0 bridgehead atoms. The van der Waals surface area contributed by atoms with Crippen LogP contribution in [0.15, 0.2) is 54.6 Å². The second kappa shape index (κ2) is 5.48. The molecule has 1 aliphatic rings. The summed E-state index contributed by atoms with van der Waals surface area (Å²) in [5, 5.41) is 15.5. The Morgan fingerprint density at radius 3 is 2.74 bits per heavy atom. The fraction of sp³-hybridized carbons (Fsp3) is 0.0625. The van der Waals surface area contributed by atoms with E-state index in [1.165, 1.54) is 12.1 Å². The molecule has 1 atom stereocenters. The van der Waals surface area contributed by atoms with Crippen LogP contribution in [-0.2, 0) is 0 Å². The Kier molecular flexibility index (Phi) is 3.31. The first-order chi connectivity index (χ1) is 11.2. The van der Waals surface area contributed by atoms with Crippen LogP contribution < -0.4 is 5.32 Å². The van der Waals surface area contributed by atoms with Crippen LogP contribution in [0.5, 0.6) is 0 Å². The minimum absolute atomic E-state index is 0.194. The van der Waals surface area contributed by atoms with Crippen molar-refractivity contribution in [1.29, 1.82) is 0 Å². The van der Waals surface area contributed by atoms with Gasteiger partial charge in [-0.25, -0.2) is 4.39 Å². The first kappa shape index (κ1) is 13.9. The molecule has 114 valence electrons. The number of nitrogens with zero attached hydrogens (tertiary/aromatic N) is 4. The maximum absolute atomic E-state index is 13.1. The number of halogens is 2. The van der Waals surface area contributed by atoms with Crippen LogP contribution in [0.1, 0.15) is 17.2 Å². The van der Waals surface area contributed by atoms with Gasteiger partial charge in [-0.05, 0) is 64.0 Å². The van der Waals surface area contributed by atoms with E-state index in [1.807, 2.05) is 30.3 Å². The largest absolute Gasteiger partial charge is 0.323 e. The number of hydrogen-bond acceptors (Lipinski definition) is 4. The van der Waals surface area contributed by atoms with Crippen molar-refractivity contribution in [2.75, 3.05) is 5.32 Å². The van der Waals surface area contributed by atoms with E-state index in [4.69, 9.17) is 11.6 Å². The molecular weight excluding hydrogens is 317 g/mol. The van der Waals surface area contributed by atoms with Gasteiger partial charge in [-0.3, -0.25) is 0 Å². The van der Waals surface area contributed by atoms with Gasteiger partial charge in [-0.2, -0.15) is 4.68 Å². The van der Waals surface area contributed by atoms with Gasteiger partial charge in [0.05, 0.1) is 0 Å². The van der Waals surface area contributed by atoms with E-state index in [1.54, 1.807) is 16.8 Å². The number of nitrogens with one attached hydrogen (secondary N) is 1. The highest BCUT2D eigenvalue weighted by Crippen LogP contribution is 2.32. The normalized spacial score (nSPS) is 16.4.